The van der Waals surface area contributed by atoms with Crippen LogP contribution in [0.3, 0.4) is 0 Å². The average molecular weight is 224 g/mol. The monoisotopic (exact) mass is 224 g/mol. The molecule has 4 nitrogen and oxygen atoms in total. The van der Waals surface area contributed by atoms with Gasteiger partial charge >= 0.3 is 0 Å². The summed E-state index contributed by atoms with van der Waals surface area (Å²) in [6, 6.07) is 2.58. The van der Waals surface area contributed by atoms with Gasteiger partial charge in [0, 0.05) is 18.2 Å². The van der Waals surface area contributed by atoms with Crippen LogP contribution in [0.1, 0.15) is 17.3 Å². The smallest absolute Gasteiger partial charge is 0.252 e. The summed E-state index contributed by atoms with van der Waals surface area (Å²) in [5.74, 6) is -0.823. The maximum absolute atomic E-state index is 12.5. The van der Waals surface area contributed by atoms with Crippen molar-refractivity contribution in [3.8, 4) is 0 Å². The standard InChI is InChI=1S/C11H13FN2O2/c1-11(6-16-7-11)5-14-10(15)8-2-3-9(12)13-4-8/h2-4H,5-7H2,1H3,(H,14,15). The molecule has 2 rings (SSSR count). The third-order valence-corrected chi connectivity index (χ3v) is 2.57. The third-order valence-electron chi connectivity index (χ3n) is 2.57. The summed E-state index contributed by atoms with van der Waals surface area (Å²) in [7, 11) is 0. The first-order valence-corrected chi connectivity index (χ1v) is 5.07. The highest BCUT2D eigenvalue weighted by molar-refractivity contribution is 5.93. The van der Waals surface area contributed by atoms with Gasteiger partial charge in [-0.15, -0.1) is 0 Å². The maximum atomic E-state index is 12.5. The number of ether oxygens (including phenoxy) is 1. The number of hydrogen-bond donors (Lipinski definition) is 1. The van der Waals surface area contributed by atoms with Gasteiger partial charge in [0.2, 0.25) is 5.95 Å². The minimum atomic E-state index is -0.587. The topological polar surface area (TPSA) is 51.2 Å². The predicted octanol–water partition coefficient (Wildman–Crippen LogP) is 0.987. The Labute approximate surface area is 92.8 Å². The minimum Gasteiger partial charge on any atom is -0.380 e. The van der Waals surface area contributed by atoms with Crippen molar-refractivity contribution < 1.29 is 13.9 Å². The first-order chi connectivity index (χ1) is 7.59. The molecule has 0 atom stereocenters. The molecule has 0 radical (unpaired) electrons. The van der Waals surface area contributed by atoms with Crippen molar-refractivity contribution in [1.29, 1.82) is 0 Å². The number of nitrogens with one attached hydrogen (secondary N) is 1. The molecule has 5 heteroatoms. The third kappa shape index (κ3) is 2.36. The molecular weight excluding hydrogens is 211 g/mol. The van der Waals surface area contributed by atoms with E-state index in [2.05, 4.69) is 10.3 Å². The molecule has 0 aromatic carbocycles. The summed E-state index contributed by atoms with van der Waals surface area (Å²) >= 11 is 0. The Bertz CT molecular complexity index is 387. The minimum absolute atomic E-state index is 0.0309. The Morgan fingerprint density at radius 1 is 1.62 bits per heavy atom. The highest BCUT2D eigenvalue weighted by Crippen LogP contribution is 2.25. The van der Waals surface area contributed by atoms with E-state index >= 15 is 0 Å². The van der Waals surface area contributed by atoms with E-state index in [1.807, 2.05) is 6.92 Å². The lowest BCUT2D eigenvalue weighted by atomic mass is 9.89. The van der Waals surface area contributed by atoms with Gasteiger partial charge in [0.25, 0.3) is 5.91 Å². The zero-order chi connectivity index (χ0) is 11.6. The predicted molar refractivity (Wildman–Crippen MR) is 55.5 cm³/mol. The van der Waals surface area contributed by atoms with E-state index in [-0.39, 0.29) is 11.3 Å². The Hall–Kier alpha value is -1.49. The van der Waals surface area contributed by atoms with Crippen molar-refractivity contribution in [2.24, 2.45) is 5.41 Å². The molecule has 16 heavy (non-hydrogen) atoms. The molecule has 1 aromatic rings. The van der Waals surface area contributed by atoms with Gasteiger partial charge in [-0.05, 0) is 12.1 Å². The number of hydrogen-bond acceptors (Lipinski definition) is 3. The number of nitrogens with zero attached hydrogens (tertiary/aromatic N) is 1. The van der Waals surface area contributed by atoms with Crippen LogP contribution in [0.2, 0.25) is 0 Å². The van der Waals surface area contributed by atoms with Gasteiger partial charge in [0.15, 0.2) is 0 Å². The normalized spacial score (nSPS) is 17.6. The average Bonchev–Trinajstić information content (AvgIpc) is 2.24. The van der Waals surface area contributed by atoms with Crippen molar-refractivity contribution in [3.63, 3.8) is 0 Å². The van der Waals surface area contributed by atoms with E-state index in [9.17, 15) is 9.18 Å². The number of rotatable bonds is 3. The highest BCUT2D eigenvalue weighted by Gasteiger charge is 2.33. The summed E-state index contributed by atoms with van der Waals surface area (Å²) in [4.78, 5) is 15.1. The summed E-state index contributed by atoms with van der Waals surface area (Å²) in [6.45, 7) is 3.92. The van der Waals surface area contributed by atoms with Crippen LogP contribution in [0.4, 0.5) is 4.39 Å². The molecule has 1 amide bonds. The second-order valence-electron chi connectivity index (χ2n) is 4.36. The molecule has 86 valence electrons. The lowest BCUT2D eigenvalue weighted by Crippen LogP contribution is -2.48. The summed E-state index contributed by atoms with van der Waals surface area (Å²) < 4.78 is 17.6. The van der Waals surface area contributed by atoms with E-state index in [1.165, 1.54) is 18.3 Å². The van der Waals surface area contributed by atoms with Gasteiger partial charge < -0.3 is 10.1 Å². The zero-order valence-electron chi connectivity index (χ0n) is 9.00. The first-order valence-electron chi connectivity index (χ1n) is 5.07. The van der Waals surface area contributed by atoms with Gasteiger partial charge in [-0.1, -0.05) is 6.92 Å². The van der Waals surface area contributed by atoms with Gasteiger partial charge in [-0.25, -0.2) is 4.98 Å². The Balaban J connectivity index is 1.90. The van der Waals surface area contributed by atoms with Crippen LogP contribution in [-0.2, 0) is 4.74 Å². The molecule has 1 aromatic heterocycles. The van der Waals surface area contributed by atoms with Gasteiger partial charge in [0.1, 0.15) is 0 Å². The quantitative estimate of drug-likeness (QED) is 0.779. The first kappa shape index (κ1) is 11.0. The molecule has 0 saturated carbocycles. The van der Waals surface area contributed by atoms with Crippen molar-refractivity contribution in [3.05, 3.63) is 29.8 Å². The largest absolute Gasteiger partial charge is 0.380 e. The molecule has 1 aliphatic heterocycles. The number of pyridine rings is 1. The lowest BCUT2D eigenvalue weighted by Gasteiger charge is -2.37. The molecular formula is C11H13FN2O2. The number of halogens is 1. The van der Waals surface area contributed by atoms with E-state index < -0.39 is 5.95 Å². The summed E-state index contributed by atoms with van der Waals surface area (Å²) in [5.41, 5.74) is 0.397. The Kier molecular flexibility index (Phi) is 2.87. The molecule has 0 spiro atoms. The highest BCUT2D eigenvalue weighted by atomic mass is 19.1. The fourth-order valence-corrected chi connectivity index (χ4v) is 1.46. The summed E-state index contributed by atoms with van der Waals surface area (Å²) in [5, 5.41) is 2.78. The number of carbonyl (C=O) groups is 1. The SMILES string of the molecule is CC1(CNC(=O)c2ccc(F)nc2)COC1. The fraction of sp³-hybridized carbons (Fsp3) is 0.455. The van der Waals surface area contributed by atoms with Gasteiger partial charge in [-0.3, -0.25) is 4.79 Å². The fourth-order valence-electron chi connectivity index (χ4n) is 1.46. The van der Waals surface area contributed by atoms with Crippen LogP contribution >= 0.6 is 0 Å². The van der Waals surface area contributed by atoms with E-state index in [1.54, 1.807) is 0 Å². The lowest BCUT2D eigenvalue weighted by molar-refractivity contribution is -0.0978. The van der Waals surface area contributed by atoms with Crippen molar-refractivity contribution in [2.75, 3.05) is 19.8 Å². The zero-order valence-corrected chi connectivity index (χ0v) is 9.00. The molecule has 1 aliphatic rings. The maximum Gasteiger partial charge on any atom is 0.252 e. The second kappa shape index (κ2) is 4.17. The van der Waals surface area contributed by atoms with E-state index in [0.29, 0.717) is 25.3 Å². The van der Waals surface area contributed by atoms with Crippen LogP contribution in [-0.4, -0.2) is 30.6 Å². The molecule has 0 bridgehead atoms. The van der Waals surface area contributed by atoms with Gasteiger partial charge in [-0.2, -0.15) is 4.39 Å². The Morgan fingerprint density at radius 2 is 2.38 bits per heavy atom. The number of aromatic nitrogens is 1. The van der Waals surface area contributed by atoms with Crippen LogP contribution < -0.4 is 5.32 Å². The van der Waals surface area contributed by atoms with Gasteiger partial charge in [0.05, 0.1) is 18.8 Å². The van der Waals surface area contributed by atoms with E-state index in [4.69, 9.17) is 4.74 Å². The van der Waals surface area contributed by atoms with Crippen LogP contribution in [0.15, 0.2) is 18.3 Å². The number of amides is 1. The summed E-state index contributed by atoms with van der Waals surface area (Å²) in [6.07, 6.45) is 1.23. The van der Waals surface area contributed by atoms with Crippen LogP contribution in [0.5, 0.6) is 0 Å². The second-order valence-corrected chi connectivity index (χ2v) is 4.36. The van der Waals surface area contributed by atoms with E-state index in [0.717, 1.165) is 0 Å². The van der Waals surface area contributed by atoms with Crippen molar-refractivity contribution >= 4 is 5.91 Å². The van der Waals surface area contributed by atoms with Crippen LogP contribution in [0, 0.1) is 11.4 Å². The molecule has 0 aliphatic carbocycles. The van der Waals surface area contributed by atoms with Crippen molar-refractivity contribution in [2.45, 2.75) is 6.92 Å². The molecule has 1 N–H and O–H groups in total. The van der Waals surface area contributed by atoms with Crippen molar-refractivity contribution in [1.82, 2.24) is 10.3 Å². The number of carbonyl (C=O) groups excluding carboxylic acids is 1. The molecule has 2 heterocycles. The Morgan fingerprint density at radius 3 is 2.88 bits per heavy atom. The molecule has 1 saturated heterocycles. The van der Waals surface area contributed by atoms with Crippen LogP contribution in [0.25, 0.3) is 0 Å². The molecule has 1 fully saturated rings. The molecule has 0 unspecified atom stereocenters.